The van der Waals surface area contributed by atoms with Gasteiger partial charge < -0.3 is 4.74 Å². The molecule has 3 aromatic carbocycles. The van der Waals surface area contributed by atoms with Gasteiger partial charge in [-0.2, -0.15) is 0 Å². The largest absolute Gasteiger partial charge is 0.370 e. The van der Waals surface area contributed by atoms with Crippen LogP contribution in [-0.4, -0.2) is 17.1 Å². The molecule has 1 heterocycles. The highest BCUT2D eigenvalue weighted by Crippen LogP contribution is 2.36. The van der Waals surface area contributed by atoms with Crippen LogP contribution < -0.4 is 0 Å². The van der Waals surface area contributed by atoms with Gasteiger partial charge in [-0.3, -0.25) is 9.63 Å². The van der Waals surface area contributed by atoms with E-state index >= 15 is 0 Å². The van der Waals surface area contributed by atoms with Crippen molar-refractivity contribution in [3.8, 4) is 0 Å². The molecule has 0 aromatic heterocycles. The maximum absolute atomic E-state index is 12.7. The molecule has 142 valence electrons. The topological polar surface area (TPSA) is 38.8 Å². The van der Waals surface area contributed by atoms with Gasteiger partial charge in [0.2, 0.25) is 5.91 Å². The second-order valence-corrected chi connectivity index (χ2v) is 6.87. The van der Waals surface area contributed by atoms with Crippen molar-refractivity contribution in [2.45, 2.75) is 31.8 Å². The van der Waals surface area contributed by atoms with Crippen LogP contribution in [0.5, 0.6) is 0 Å². The van der Waals surface area contributed by atoms with E-state index in [1.807, 2.05) is 91.0 Å². The van der Waals surface area contributed by atoms with E-state index in [2.05, 4.69) is 0 Å². The lowest BCUT2D eigenvalue weighted by atomic mass is 10.0. The molecular weight excluding hydrogens is 350 g/mol. The minimum atomic E-state index is -0.263. The first-order valence-electron chi connectivity index (χ1n) is 9.50. The number of rotatable bonds is 7. The van der Waals surface area contributed by atoms with Crippen LogP contribution in [0.4, 0.5) is 0 Å². The predicted molar refractivity (Wildman–Crippen MR) is 107 cm³/mol. The molecule has 4 rings (SSSR count). The Hall–Kier alpha value is -2.95. The van der Waals surface area contributed by atoms with Gasteiger partial charge in [-0.25, -0.2) is 5.06 Å². The lowest BCUT2D eigenvalue weighted by molar-refractivity contribution is -0.202. The van der Waals surface area contributed by atoms with Crippen LogP contribution in [0.3, 0.4) is 0 Å². The fourth-order valence-corrected chi connectivity index (χ4v) is 3.48. The van der Waals surface area contributed by atoms with E-state index in [-0.39, 0.29) is 18.1 Å². The van der Waals surface area contributed by atoms with Crippen LogP contribution in [-0.2, 0) is 27.6 Å². The molecular formula is C24H23NO3. The SMILES string of the molecule is O=C1C[C@H](OCc2ccccc2)[C@@H](c2ccccc2)N1OCc1ccccc1. The minimum absolute atomic E-state index is 0.0529. The molecule has 0 unspecified atom stereocenters. The predicted octanol–water partition coefficient (Wildman–Crippen LogP) is 4.68. The van der Waals surface area contributed by atoms with Gasteiger partial charge in [-0.1, -0.05) is 91.0 Å². The van der Waals surface area contributed by atoms with E-state index in [0.29, 0.717) is 19.6 Å². The summed E-state index contributed by atoms with van der Waals surface area (Å²) in [6.45, 7) is 0.815. The first-order valence-corrected chi connectivity index (χ1v) is 9.50. The Balaban J connectivity index is 1.51. The summed E-state index contributed by atoms with van der Waals surface area (Å²) in [6, 6.07) is 29.6. The number of hydrogen-bond acceptors (Lipinski definition) is 3. The Morgan fingerprint density at radius 1 is 0.750 bits per heavy atom. The van der Waals surface area contributed by atoms with Gasteiger partial charge in [0.25, 0.3) is 0 Å². The number of carbonyl (C=O) groups excluding carboxylic acids is 1. The van der Waals surface area contributed by atoms with E-state index in [0.717, 1.165) is 16.7 Å². The average molecular weight is 373 g/mol. The molecule has 4 heteroatoms. The fraction of sp³-hybridized carbons (Fsp3) is 0.208. The zero-order chi connectivity index (χ0) is 19.2. The normalized spacial score (nSPS) is 19.1. The maximum Gasteiger partial charge on any atom is 0.249 e. The molecule has 0 saturated carbocycles. The van der Waals surface area contributed by atoms with Crippen LogP contribution >= 0.6 is 0 Å². The number of ether oxygens (including phenoxy) is 1. The fourth-order valence-electron chi connectivity index (χ4n) is 3.48. The summed E-state index contributed by atoms with van der Waals surface area (Å²) in [5.74, 6) is -0.0529. The van der Waals surface area contributed by atoms with Gasteiger partial charge in [0, 0.05) is 0 Å². The molecule has 2 atom stereocenters. The van der Waals surface area contributed by atoms with Crippen LogP contribution in [0.2, 0.25) is 0 Å². The van der Waals surface area contributed by atoms with Crippen molar-refractivity contribution in [1.82, 2.24) is 5.06 Å². The molecule has 3 aromatic rings. The summed E-state index contributed by atoms with van der Waals surface area (Å²) in [5, 5.41) is 1.50. The standard InChI is InChI=1S/C24H23NO3/c26-23-16-22(27-17-19-10-4-1-5-11-19)24(21-14-8-3-9-15-21)25(23)28-18-20-12-6-2-7-13-20/h1-15,22,24H,16-18H2/t22-,24+/m0/s1. The highest BCUT2D eigenvalue weighted by atomic mass is 16.7. The number of nitrogens with zero attached hydrogens (tertiary/aromatic N) is 1. The van der Waals surface area contributed by atoms with Gasteiger partial charge in [-0.15, -0.1) is 0 Å². The van der Waals surface area contributed by atoms with Crippen molar-refractivity contribution in [3.63, 3.8) is 0 Å². The Labute approximate surface area is 165 Å². The second kappa shape index (κ2) is 8.83. The molecule has 0 N–H and O–H groups in total. The third-order valence-corrected chi connectivity index (χ3v) is 4.89. The molecule has 0 radical (unpaired) electrons. The molecule has 1 aliphatic rings. The molecule has 1 fully saturated rings. The summed E-state index contributed by atoms with van der Waals surface area (Å²) in [4.78, 5) is 18.7. The van der Waals surface area contributed by atoms with Crippen molar-refractivity contribution >= 4 is 5.91 Å². The second-order valence-electron chi connectivity index (χ2n) is 6.87. The van der Waals surface area contributed by atoms with Crippen molar-refractivity contribution in [1.29, 1.82) is 0 Å². The molecule has 4 nitrogen and oxygen atoms in total. The third kappa shape index (κ3) is 4.30. The molecule has 1 amide bonds. The molecule has 1 aliphatic heterocycles. The number of benzene rings is 3. The van der Waals surface area contributed by atoms with E-state index in [1.165, 1.54) is 5.06 Å². The van der Waals surface area contributed by atoms with Crippen molar-refractivity contribution in [3.05, 3.63) is 108 Å². The maximum atomic E-state index is 12.7. The number of hydrogen-bond donors (Lipinski definition) is 0. The zero-order valence-electron chi connectivity index (χ0n) is 15.6. The summed E-state index contributed by atoms with van der Waals surface area (Å²) in [7, 11) is 0. The first kappa shape index (κ1) is 18.4. The molecule has 0 bridgehead atoms. The minimum Gasteiger partial charge on any atom is -0.370 e. The van der Waals surface area contributed by atoms with Crippen LogP contribution in [0, 0.1) is 0 Å². The van der Waals surface area contributed by atoms with E-state index in [1.54, 1.807) is 0 Å². The average Bonchev–Trinajstić information content (AvgIpc) is 3.08. The summed E-state index contributed by atoms with van der Waals surface area (Å²) in [5.41, 5.74) is 3.13. The lowest BCUT2D eigenvalue weighted by Crippen LogP contribution is -2.31. The number of hydroxylamine groups is 2. The summed E-state index contributed by atoms with van der Waals surface area (Å²) >= 11 is 0. The molecule has 1 saturated heterocycles. The van der Waals surface area contributed by atoms with E-state index in [4.69, 9.17) is 9.57 Å². The number of carbonyl (C=O) groups is 1. The Morgan fingerprint density at radius 2 is 1.29 bits per heavy atom. The smallest absolute Gasteiger partial charge is 0.249 e. The lowest BCUT2D eigenvalue weighted by Gasteiger charge is -2.27. The Morgan fingerprint density at radius 3 is 1.89 bits per heavy atom. The first-order chi connectivity index (χ1) is 13.8. The van der Waals surface area contributed by atoms with Crippen LogP contribution in [0.1, 0.15) is 29.2 Å². The monoisotopic (exact) mass is 373 g/mol. The zero-order valence-corrected chi connectivity index (χ0v) is 15.6. The Kier molecular flexibility index (Phi) is 5.80. The van der Waals surface area contributed by atoms with Gasteiger partial charge in [0.15, 0.2) is 0 Å². The van der Waals surface area contributed by atoms with Gasteiger partial charge in [0.1, 0.15) is 12.6 Å². The van der Waals surface area contributed by atoms with Gasteiger partial charge in [-0.05, 0) is 16.7 Å². The molecule has 0 aliphatic carbocycles. The Bertz CT molecular complexity index is 883. The van der Waals surface area contributed by atoms with Crippen molar-refractivity contribution in [2.24, 2.45) is 0 Å². The highest BCUT2D eigenvalue weighted by Gasteiger charge is 2.42. The third-order valence-electron chi connectivity index (χ3n) is 4.89. The van der Waals surface area contributed by atoms with Gasteiger partial charge >= 0.3 is 0 Å². The van der Waals surface area contributed by atoms with Crippen molar-refractivity contribution < 1.29 is 14.4 Å². The summed E-state index contributed by atoms with van der Waals surface area (Å²) in [6.07, 6.45) is 0.0483. The summed E-state index contributed by atoms with van der Waals surface area (Å²) < 4.78 is 6.17. The molecule has 28 heavy (non-hydrogen) atoms. The van der Waals surface area contributed by atoms with Crippen molar-refractivity contribution in [2.75, 3.05) is 0 Å². The highest BCUT2D eigenvalue weighted by molar-refractivity contribution is 5.79. The van der Waals surface area contributed by atoms with Gasteiger partial charge in [0.05, 0.1) is 19.1 Å². The number of amides is 1. The van der Waals surface area contributed by atoms with Crippen LogP contribution in [0.25, 0.3) is 0 Å². The van der Waals surface area contributed by atoms with E-state index < -0.39 is 0 Å². The molecule has 0 spiro atoms. The van der Waals surface area contributed by atoms with E-state index in [9.17, 15) is 4.79 Å². The quantitative estimate of drug-likeness (QED) is 0.604. The van der Waals surface area contributed by atoms with Crippen LogP contribution in [0.15, 0.2) is 91.0 Å².